The minimum absolute atomic E-state index is 0.0535. The van der Waals surface area contributed by atoms with Crippen LogP contribution < -0.4 is 14.8 Å². The highest BCUT2D eigenvalue weighted by molar-refractivity contribution is 7.89. The van der Waals surface area contributed by atoms with E-state index in [4.69, 9.17) is 9.47 Å². The molecule has 1 aliphatic rings. The van der Waals surface area contributed by atoms with Gasteiger partial charge in [0.15, 0.2) is 0 Å². The van der Waals surface area contributed by atoms with Gasteiger partial charge in [0.25, 0.3) is 5.91 Å². The van der Waals surface area contributed by atoms with Crippen LogP contribution in [-0.4, -0.2) is 95.7 Å². The minimum Gasteiger partial charge on any atom is -0.495 e. The Morgan fingerprint density at radius 1 is 1.09 bits per heavy atom. The van der Waals surface area contributed by atoms with Crippen LogP contribution in [0.4, 0.5) is 0 Å². The molecule has 1 fully saturated rings. The molecule has 2 amide bonds. The first-order valence-corrected chi connectivity index (χ1v) is 12.4. The van der Waals surface area contributed by atoms with Gasteiger partial charge in [0, 0.05) is 57.5 Å². The fourth-order valence-electron chi connectivity index (χ4n) is 3.47. The van der Waals surface area contributed by atoms with Gasteiger partial charge >= 0.3 is 0 Å². The molecule has 10 nitrogen and oxygen atoms in total. The fourth-order valence-corrected chi connectivity index (χ4v) is 5.09. The van der Waals surface area contributed by atoms with E-state index in [1.54, 1.807) is 38.8 Å². The Kier molecular flexibility index (Phi) is 9.65. The Morgan fingerprint density at radius 3 is 2.33 bits per heavy atom. The first-order valence-electron chi connectivity index (χ1n) is 11.0. The number of methoxy groups -OCH3 is 2. The number of hydrogen-bond donors (Lipinski definition) is 2. The Labute approximate surface area is 196 Å². The summed E-state index contributed by atoms with van der Waals surface area (Å²) in [4.78, 5) is 28.7. The van der Waals surface area contributed by atoms with Crippen molar-refractivity contribution >= 4 is 21.8 Å². The molecular formula is C22H36N4O6S. The third-order valence-corrected chi connectivity index (χ3v) is 6.79. The van der Waals surface area contributed by atoms with Gasteiger partial charge in [0.1, 0.15) is 10.6 Å². The van der Waals surface area contributed by atoms with Crippen LogP contribution in [0.2, 0.25) is 0 Å². The smallest absolute Gasteiger partial charge is 0.253 e. The van der Waals surface area contributed by atoms with Crippen LogP contribution in [0.5, 0.6) is 5.75 Å². The quantitative estimate of drug-likeness (QED) is 0.469. The SMILES string of the molecule is COCCCNC(=O)CN1CCN(C(=O)c2ccc(OC)c(S(=O)(=O)NC(C)(C)C)c2)CC1. The van der Waals surface area contributed by atoms with E-state index in [-0.39, 0.29) is 34.6 Å². The summed E-state index contributed by atoms with van der Waals surface area (Å²) in [5.41, 5.74) is -0.412. The van der Waals surface area contributed by atoms with Gasteiger partial charge < -0.3 is 19.7 Å². The molecular weight excluding hydrogens is 448 g/mol. The monoisotopic (exact) mass is 484 g/mol. The van der Waals surface area contributed by atoms with Gasteiger partial charge in [-0.2, -0.15) is 0 Å². The summed E-state index contributed by atoms with van der Waals surface area (Å²) in [5.74, 6) is -0.139. The zero-order valence-electron chi connectivity index (χ0n) is 20.1. The lowest BCUT2D eigenvalue weighted by Crippen LogP contribution is -2.51. The summed E-state index contributed by atoms with van der Waals surface area (Å²) < 4.78 is 38.5. The van der Waals surface area contributed by atoms with Crippen molar-refractivity contribution in [2.45, 2.75) is 37.6 Å². The molecule has 11 heteroatoms. The number of benzene rings is 1. The summed E-state index contributed by atoms with van der Waals surface area (Å²) in [6.07, 6.45) is 0.759. The third kappa shape index (κ3) is 8.26. The number of carbonyl (C=O) groups is 2. The molecule has 1 aromatic rings. The molecule has 0 unspecified atom stereocenters. The third-order valence-electron chi connectivity index (χ3n) is 5.01. The summed E-state index contributed by atoms with van der Waals surface area (Å²) in [5, 5.41) is 2.86. The molecule has 33 heavy (non-hydrogen) atoms. The maximum atomic E-state index is 13.1. The van der Waals surface area contributed by atoms with Crippen LogP contribution in [-0.2, 0) is 19.6 Å². The molecule has 0 aliphatic carbocycles. The summed E-state index contributed by atoms with van der Waals surface area (Å²) in [7, 11) is -0.877. The summed E-state index contributed by atoms with van der Waals surface area (Å²) in [6, 6.07) is 4.42. The number of piperazine rings is 1. The second-order valence-corrected chi connectivity index (χ2v) is 10.6. The van der Waals surface area contributed by atoms with Crippen molar-refractivity contribution in [3.05, 3.63) is 23.8 Å². The molecule has 0 saturated carbocycles. The van der Waals surface area contributed by atoms with Gasteiger partial charge in [-0.3, -0.25) is 14.5 Å². The molecule has 1 saturated heterocycles. The number of nitrogens with one attached hydrogen (secondary N) is 2. The van der Waals surface area contributed by atoms with Crippen molar-refractivity contribution in [3.8, 4) is 5.75 Å². The Hall–Kier alpha value is -2.21. The van der Waals surface area contributed by atoms with E-state index in [9.17, 15) is 18.0 Å². The largest absolute Gasteiger partial charge is 0.495 e. The maximum absolute atomic E-state index is 13.1. The number of amides is 2. The van der Waals surface area contributed by atoms with Crippen molar-refractivity contribution in [1.82, 2.24) is 19.8 Å². The number of ether oxygens (including phenoxy) is 2. The van der Waals surface area contributed by atoms with E-state index in [2.05, 4.69) is 10.0 Å². The highest BCUT2D eigenvalue weighted by atomic mass is 32.2. The van der Waals surface area contributed by atoms with Gasteiger partial charge in [0.05, 0.1) is 13.7 Å². The average molecular weight is 485 g/mol. The van der Waals surface area contributed by atoms with E-state index in [1.807, 2.05) is 4.90 Å². The van der Waals surface area contributed by atoms with Crippen LogP contribution in [0.15, 0.2) is 23.1 Å². The topological polar surface area (TPSA) is 117 Å². The predicted molar refractivity (Wildman–Crippen MR) is 125 cm³/mol. The van der Waals surface area contributed by atoms with Crippen LogP contribution in [0, 0.1) is 0 Å². The van der Waals surface area contributed by atoms with E-state index in [1.165, 1.54) is 19.2 Å². The highest BCUT2D eigenvalue weighted by Crippen LogP contribution is 2.26. The molecule has 186 valence electrons. The molecule has 0 atom stereocenters. The Balaban J connectivity index is 2.01. The van der Waals surface area contributed by atoms with Gasteiger partial charge in [-0.25, -0.2) is 13.1 Å². The number of carbonyl (C=O) groups excluding carboxylic acids is 2. The molecule has 1 heterocycles. The average Bonchev–Trinajstić information content (AvgIpc) is 2.74. The van der Waals surface area contributed by atoms with Crippen LogP contribution in [0.25, 0.3) is 0 Å². The number of nitrogens with zero attached hydrogens (tertiary/aromatic N) is 2. The van der Waals surface area contributed by atoms with Gasteiger partial charge in [-0.05, 0) is 45.4 Å². The number of sulfonamides is 1. The number of hydrogen-bond acceptors (Lipinski definition) is 7. The van der Waals surface area contributed by atoms with Crippen LogP contribution in [0.3, 0.4) is 0 Å². The Bertz CT molecular complexity index is 921. The lowest BCUT2D eigenvalue weighted by Gasteiger charge is -2.34. The lowest BCUT2D eigenvalue weighted by molar-refractivity contribution is -0.122. The van der Waals surface area contributed by atoms with Crippen molar-refractivity contribution in [2.75, 3.05) is 60.1 Å². The second kappa shape index (κ2) is 11.8. The van der Waals surface area contributed by atoms with E-state index < -0.39 is 15.6 Å². The van der Waals surface area contributed by atoms with Crippen molar-refractivity contribution in [2.24, 2.45) is 0 Å². The predicted octanol–water partition coefficient (Wildman–Crippen LogP) is 0.683. The minimum atomic E-state index is -3.89. The normalized spacial score (nSPS) is 15.4. The van der Waals surface area contributed by atoms with E-state index in [0.29, 0.717) is 39.3 Å². The molecule has 0 bridgehead atoms. The first-order chi connectivity index (χ1) is 15.5. The Morgan fingerprint density at radius 2 is 1.76 bits per heavy atom. The summed E-state index contributed by atoms with van der Waals surface area (Å²) in [6.45, 7) is 8.68. The number of rotatable bonds is 10. The van der Waals surface area contributed by atoms with Crippen molar-refractivity contribution < 1.29 is 27.5 Å². The molecule has 0 aromatic heterocycles. The zero-order chi connectivity index (χ0) is 24.6. The van der Waals surface area contributed by atoms with Crippen LogP contribution >= 0.6 is 0 Å². The molecule has 0 radical (unpaired) electrons. The van der Waals surface area contributed by atoms with Crippen LogP contribution in [0.1, 0.15) is 37.6 Å². The highest BCUT2D eigenvalue weighted by Gasteiger charge is 2.28. The maximum Gasteiger partial charge on any atom is 0.253 e. The molecule has 2 rings (SSSR count). The van der Waals surface area contributed by atoms with Crippen molar-refractivity contribution in [1.29, 1.82) is 0 Å². The fraction of sp³-hybridized carbons (Fsp3) is 0.636. The molecule has 1 aromatic carbocycles. The van der Waals surface area contributed by atoms with Gasteiger partial charge in [0.2, 0.25) is 15.9 Å². The standard InChI is InChI=1S/C22H36N4O6S/c1-22(2,3)24-33(29,30)19-15-17(7-8-18(19)32-5)21(28)26-12-10-25(11-13-26)16-20(27)23-9-6-14-31-4/h7-8,15,24H,6,9-14,16H2,1-5H3,(H,23,27). The lowest BCUT2D eigenvalue weighted by atomic mass is 10.1. The van der Waals surface area contributed by atoms with E-state index in [0.717, 1.165) is 6.42 Å². The van der Waals surface area contributed by atoms with Gasteiger partial charge in [-0.1, -0.05) is 0 Å². The zero-order valence-corrected chi connectivity index (χ0v) is 21.0. The van der Waals surface area contributed by atoms with Gasteiger partial charge in [-0.15, -0.1) is 0 Å². The molecule has 1 aliphatic heterocycles. The van der Waals surface area contributed by atoms with Crippen molar-refractivity contribution in [3.63, 3.8) is 0 Å². The molecule has 2 N–H and O–H groups in total. The first kappa shape index (κ1) is 27.0. The van der Waals surface area contributed by atoms with E-state index >= 15 is 0 Å². The molecule has 0 spiro atoms. The second-order valence-electron chi connectivity index (χ2n) is 8.99. The summed E-state index contributed by atoms with van der Waals surface area (Å²) >= 11 is 0.